The fourth-order valence-corrected chi connectivity index (χ4v) is 2.66. The minimum atomic E-state index is 0.804. The average molecular weight is 329 g/mol. The third kappa shape index (κ3) is 6.20. The number of allylic oxidation sites excluding steroid dienone is 5. The Balaban J connectivity index is 0.000000272. The van der Waals surface area contributed by atoms with Crippen molar-refractivity contribution in [2.24, 2.45) is 5.92 Å². The van der Waals surface area contributed by atoms with E-state index in [1.807, 2.05) is 31.2 Å². The van der Waals surface area contributed by atoms with Crippen LogP contribution in [0.1, 0.15) is 39.3 Å². The van der Waals surface area contributed by atoms with E-state index >= 15 is 0 Å². The van der Waals surface area contributed by atoms with Crippen LogP contribution in [-0.2, 0) is 0 Å². The Morgan fingerprint density at radius 2 is 2.17 bits per heavy atom. The van der Waals surface area contributed by atoms with Gasteiger partial charge in [0, 0.05) is 6.04 Å². The van der Waals surface area contributed by atoms with Crippen LogP contribution in [0, 0.1) is 5.92 Å². The van der Waals surface area contributed by atoms with Crippen molar-refractivity contribution in [3.63, 3.8) is 0 Å². The van der Waals surface area contributed by atoms with Crippen LogP contribution < -0.4 is 5.32 Å². The Morgan fingerprint density at radius 3 is 2.75 bits per heavy atom. The number of nitrogens with one attached hydrogen (secondary N) is 2. The maximum atomic E-state index is 3.95. The summed E-state index contributed by atoms with van der Waals surface area (Å²) in [6.45, 7) is 15.5. The highest BCUT2D eigenvalue weighted by Gasteiger charge is 2.20. The standard InChI is InChI=1S/C12H15N3.C8H17N/c1-4-6-7-8-10(3)12-11(13-5-2)9-14-15-12;1-7-5-4-6-9(3)8(7)2/h4-9,13H,2-3H2,1H3,(H,14,15);7-8H,4-6H2,1-3H3/b6-4-,8-7-;. The molecule has 1 aliphatic heterocycles. The fourth-order valence-electron chi connectivity index (χ4n) is 2.66. The first-order chi connectivity index (χ1) is 11.5. The fraction of sp³-hybridized carbons (Fsp3) is 0.450. The molecule has 0 amide bonds. The molecule has 0 bridgehead atoms. The van der Waals surface area contributed by atoms with Crippen LogP contribution in [0.3, 0.4) is 0 Å². The molecular weight excluding hydrogens is 296 g/mol. The van der Waals surface area contributed by atoms with Gasteiger partial charge < -0.3 is 10.2 Å². The van der Waals surface area contributed by atoms with Gasteiger partial charge in [-0.3, -0.25) is 5.10 Å². The van der Waals surface area contributed by atoms with Crippen LogP contribution in [0.4, 0.5) is 5.69 Å². The van der Waals surface area contributed by atoms with Gasteiger partial charge in [0.15, 0.2) is 0 Å². The molecule has 0 aromatic carbocycles. The number of hydrogen-bond acceptors (Lipinski definition) is 3. The summed E-state index contributed by atoms with van der Waals surface area (Å²) in [4.78, 5) is 2.45. The van der Waals surface area contributed by atoms with Gasteiger partial charge >= 0.3 is 0 Å². The monoisotopic (exact) mass is 328 g/mol. The number of anilines is 1. The van der Waals surface area contributed by atoms with Crippen LogP contribution in [0.2, 0.25) is 0 Å². The SMILES string of the molecule is C=CNc1cn[nH]c1C(=C)/C=C\C=C/C.CC1CCCN(C)C1C. The minimum absolute atomic E-state index is 0.804. The van der Waals surface area contributed by atoms with Crippen molar-refractivity contribution in [2.75, 3.05) is 18.9 Å². The van der Waals surface area contributed by atoms with E-state index in [1.165, 1.54) is 19.4 Å². The zero-order chi connectivity index (χ0) is 17.9. The third-order valence-electron chi connectivity index (χ3n) is 4.51. The van der Waals surface area contributed by atoms with E-state index in [0.29, 0.717) is 0 Å². The number of aromatic nitrogens is 2. The van der Waals surface area contributed by atoms with Crippen LogP contribution in [0.15, 0.2) is 49.9 Å². The second-order valence-electron chi connectivity index (χ2n) is 6.26. The number of nitrogens with zero attached hydrogens (tertiary/aromatic N) is 2. The number of aromatic amines is 1. The predicted molar refractivity (Wildman–Crippen MR) is 106 cm³/mol. The van der Waals surface area contributed by atoms with Crippen molar-refractivity contribution >= 4 is 11.3 Å². The molecule has 1 fully saturated rings. The van der Waals surface area contributed by atoms with Gasteiger partial charge in [-0.05, 0) is 58.0 Å². The molecule has 0 saturated carbocycles. The smallest absolute Gasteiger partial charge is 0.0879 e. The van der Waals surface area contributed by atoms with E-state index in [2.05, 4.69) is 54.5 Å². The lowest BCUT2D eigenvalue weighted by atomic mass is 9.93. The number of H-pyrrole nitrogens is 1. The zero-order valence-electron chi connectivity index (χ0n) is 15.5. The molecule has 2 N–H and O–H groups in total. The van der Waals surface area contributed by atoms with Crippen molar-refractivity contribution in [1.29, 1.82) is 0 Å². The second kappa shape index (κ2) is 10.7. The van der Waals surface area contributed by atoms with Crippen LogP contribution >= 0.6 is 0 Å². The Kier molecular flexibility index (Phi) is 8.87. The molecule has 1 saturated heterocycles. The maximum Gasteiger partial charge on any atom is 0.0879 e. The van der Waals surface area contributed by atoms with Crippen molar-refractivity contribution in [3.8, 4) is 0 Å². The normalized spacial score (nSPS) is 21.5. The first kappa shape index (κ1) is 20.0. The first-order valence-electron chi connectivity index (χ1n) is 8.60. The molecule has 0 radical (unpaired) electrons. The quantitative estimate of drug-likeness (QED) is 0.760. The van der Waals surface area contributed by atoms with Gasteiger partial charge in [-0.2, -0.15) is 5.10 Å². The Hall–Kier alpha value is -2.07. The van der Waals surface area contributed by atoms with E-state index in [1.54, 1.807) is 12.4 Å². The summed E-state index contributed by atoms with van der Waals surface area (Å²) in [6, 6.07) is 0.804. The lowest BCUT2D eigenvalue weighted by molar-refractivity contribution is 0.145. The van der Waals surface area contributed by atoms with E-state index in [-0.39, 0.29) is 0 Å². The number of likely N-dealkylation sites (tertiary alicyclic amines) is 1. The minimum Gasteiger partial charge on any atom is -0.359 e. The second-order valence-corrected chi connectivity index (χ2v) is 6.26. The third-order valence-corrected chi connectivity index (χ3v) is 4.51. The van der Waals surface area contributed by atoms with Crippen LogP contribution in [-0.4, -0.2) is 34.7 Å². The molecule has 2 rings (SSSR count). The molecule has 2 atom stereocenters. The molecule has 24 heavy (non-hydrogen) atoms. The predicted octanol–water partition coefficient (Wildman–Crippen LogP) is 4.85. The highest BCUT2D eigenvalue weighted by molar-refractivity contribution is 5.78. The molecule has 2 unspecified atom stereocenters. The van der Waals surface area contributed by atoms with Crippen LogP contribution in [0.25, 0.3) is 5.57 Å². The molecule has 2 heterocycles. The Labute approximate surface area is 147 Å². The highest BCUT2D eigenvalue weighted by atomic mass is 15.1. The molecule has 1 aromatic rings. The maximum absolute atomic E-state index is 3.95. The summed E-state index contributed by atoms with van der Waals surface area (Å²) < 4.78 is 0. The molecule has 1 aromatic heterocycles. The number of piperidine rings is 1. The highest BCUT2D eigenvalue weighted by Crippen LogP contribution is 2.21. The number of hydrogen-bond donors (Lipinski definition) is 2. The van der Waals surface area contributed by atoms with Gasteiger partial charge in [0.05, 0.1) is 17.6 Å². The van der Waals surface area contributed by atoms with Gasteiger partial charge in [0.25, 0.3) is 0 Å². The van der Waals surface area contributed by atoms with Crippen molar-refractivity contribution in [3.05, 3.63) is 55.6 Å². The summed E-state index contributed by atoms with van der Waals surface area (Å²) in [5, 5.41) is 9.81. The van der Waals surface area contributed by atoms with Gasteiger partial charge in [-0.25, -0.2) is 0 Å². The van der Waals surface area contributed by atoms with E-state index in [9.17, 15) is 0 Å². The summed E-state index contributed by atoms with van der Waals surface area (Å²) in [5.74, 6) is 0.906. The lowest BCUT2D eigenvalue weighted by Crippen LogP contribution is -2.39. The molecule has 1 aliphatic rings. The summed E-state index contributed by atoms with van der Waals surface area (Å²) >= 11 is 0. The molecule has 0 spiro atoms. The van der Waals surface area contributed by atoms with Gasteiger partial charge in [-0.15, -0.1) is 0 Å². The van der Waals surface area contributed by atoms with Crippen LogP contribution in [0.5, 0.6) is 0 Å². The van der Waals surface area contributed by atoms with Gasteiger partial charge in [-0.1, -0.05) is 44.4 Å². The number of rotatable bonds is 5. The molecule has 0 aliphatic carbocycles. The zero-order valence-corrected chi connectivity index (χ0v) is 15.5. The Morgan fingerprint density at radius 1 is 1.42 bits per heavy atom. The van der Waals surface area contributed by atoms with E-state index < -0.39 is 0 Å². The Bertz CT molecular complexity index is 558. The van der Waals surface area contributed by atoms with Crippen molar-refractivity contribution in [2.45, 2.75) is 39.7 Å². The molecule has 4 heteroatoms. The lowest BCUT2D eigenvalue weighted by Gasteiger charge is -2.34. The summed E-state index contributed by atoms with van der Waals surface area (Å²) in [6.07, 6.45) is 13.9. The molecular formula is C20H32N4. The summed E-state index contributed by atoms with van der Waals surface area (Å²) in [7, 11) is 2.22. The van der Waals surface area contributed by atoms with E-state index in [4.69, 9.17) is 0 Å². The van der Waals surface area contributed by atoms with Gasteiger partial charge in [0.2, 0.25) is 0 Å². The largest absolute Gasteiger partial charge is 0.359 e. The van der Waals surface area contributed by atoms with Gasteiger partial charge in [0.1, 0.15) is 0 Å². The van der Waals surface area contributed by atoms with E-state index in [0.717, 1.165) is 28.9 Å². The van der Waals surface area contributed by atoms with Crippen molar-refractivity contribution in [1.82, 2.24) is 15.1 Å². The average Bonchev–Trinajstić information content (AvgIpc) is 3.02. The van der Waals surface area contributed by atoms with Crippen molar-refractivity contribution < 1.29 is 0 Å². The topological polar surface area (TPSA) is 44.0 Å². The molecule has 132 valence electrons. The summed E-state index contributed by atoms with van der Waals surface area (Å²) in [5.41, 5.74) is 2.62. The first-order valence-corrected chi connectivity index (χ1v) is 8.60. The molecule has 4 nitrogen and oxygen atoms in total.